The Morgan fingerprint density at radius 1 is 1.35 bits per heavy atom. The number of likely N-dealkylation sites (N-methyl/N-ethyl adjacent to an activating group) is 1. The van der Waals surface area contributed by atoms with Crippen LogP contribution in [0.25, 0.3) is 0 Å². The minimum Gasteiger partial charge on any atom is -0.469 e. The molecule has 0 aliphatic carbocycles. The van der Waals surface area contributed by atoms with E-state index in [9.17, 15) is 9.59 Å². The molecule has 1 heterocycles. The van der Waals surface area contributed by atoms with E-state index < -0.39 is 0 Å². The fourth-order valence-corrected chi connectivity index (χ4v) is 2.54. The first-order valence-electron chi connectivity index (χ1n) is 7.39. The van der Waals surface area contributed by atoms with Crippen molar-refractivity contribution < 1.29 is 14.3 Å². The Labute approximate surface area is 121 Å². The van der Waals surface area contributed by atoms with Crippen molar-refractivity contribution in [1.29, 1.82) is 0 Å². The molecule has 0 saturated carbocycles. The summed E-state index contributed by atoms with van der Waals surface area (Å²) in [6.07, 6.45) is 4.52. The van der Waals surface area contributed by atoms with Crippen LogP contribution in [0.1, 0.15) is 32.1 Å². The number of hydrogen-bond donors (Lipinski definition) is 2. The zero-order valence-electron chi connectivity index (χ0n) is 12.6. The molecule has 116 valence electrons. The number of carbonyl (C=O) groups is 2. The summed E-state index contributed by atoms with van der Waals surface area (Å²) in [5, 5.41) is 6.05. The molecule has 0 aromatic carbocycles. The second kappa shape index (κ2) is 9.72. The van der Waals surface area contributed by atoms with Crippen molar-refractivity contribution in [2.45, 2.75) is 38.1 Å². The topological polar surface area (TPSA) is 70.7 Å². The predicted octanol–water partition coefficient (Wildman–Crippen LogP) is 0.130. The summed E-state index contributed by atoms with van der Waals surface area (Å²) in [4.78, 5) is 25.1. The number of likely N-dealkylation sites (tertiary alicyclic amines) is 1. The smallest absolute Gasteiger partial charge is 0.305 e. The maximum Gasteiger partial charge on any atom is 0.305 e. The molecule has 0 spiro atoms. The molecule has 0 radical (unpaired) electrons. The van der Waals surface area contributed by atoms with Crippen LogP contribution in [0.15, 0.2) is 0 Å². The lowest BCUT2D eigenvalue weighted by Gasteiger charge is -2.35. The van der Waals surface area contributed by atoms with E-state index >= 15 is 0 Å². The van der Waals surface area contributed by atoms with Crippen molar-refractivity contribution in [2.75, 3.05) is 40.3 Å². The van der Waals surface area contributed by atoms with E-state index in [4.69, 9.17) is 0 Å². The van der Waals surface area contributed by atoms with Crippen LogP contribution < -0.4 is 10.6 Å². The summed E-state index contributed by atoms with van der Waals surface area (Å²) in [6, 6.07) is 0.453. The lowest BCUT2D eigenvalue weighted by Crippen LogP contribution is -2.49. The van der Waals surface area contributed by atoms with E-state index in [0.29, 0.717) is 32.0 Å². The second-order valence-corrected chi connectivity index (χ2v) is 5.21. The molecule has 6 nitrogen and oxygen atoms in total. The molecule has 6 heteroatoms. The fourth-order valence-electron chi connectivity index (χ4n) is 2.54. The Hall–Kier alpha value is -1.14. The van der Waals surface area contributed by atoms with Crippen LogP contribution in [0.2, 0.25) is 0 Å². The van der Waals surface area contributed by atoms with Gasteiger partial charge in [-0.15, -0.1) is 0 Å². The van der Waals surface area contributed by atoms with Gasteiger partial charge >= 0.3 is 5.97 Å². The molecule has 0 bridgehead atoms. The largest absolute Gasteiger partial charge is 0.469 e. The fraction of sp³-hybridized carbons (Fsp3) is 0.857. The summed E-state index contributed by atoms with van der Waals surface area (Å²) in [5.74, 6) is -0.192. The average Bonchev–Trinajstić information content (AvgIpc) is 2.45. The Kier molecular flexibility index (Phi) is 8.22. The van der Waals surface area contributed by atoms with Gasteiger partial charge in [0.05, 0.1) is 13.7 Å². The first kappa shape index (κ1) is 16.9. The van der Waals surface area contributed by atoms with Crippen molar-refractivity contribution >= 4 is 11.9 Å². The number of nitrogens with zero attached hydrogens (tertiary/aromatic N) is 1. The Bertz CT molecular complexity index is 308. The molecule has 1 fully saturated rings. The summed E-state index contributed by atoms with van der Waals surface area (Å²) < 4.78 is 4.55. The van der Waals surface area contributed by atoms with Gasteiger partial charge in [0.25, 0.3) is 0 Å². The number of hydrogen-bond acceptors (Lipinski definition) is 5. The highest BCUT2D eigenvalue weighted by molar-refractivity contribution is 5.78. The monoisotopic (exact) mass is 285 g/mol. The zero-order chi connectivity index (χ0) is 14.8. The highest BCUT2D eigenvalue weighted by Crippen LogP contribution is 2.15. The highest BCUT2D eigenvalue weighted by Gasteiger charge is 2.23. The van der Waals surface area contributed by atoms with E-state index in [2.05, 4.69) is 20.3 Å². The van der Waals surface area contributed by atoms with E-state index in [-0.39, 0.29) is 11.9 Å². The number of carbonyl (C=O) groups excluding carboxylic acids is 2. The third-order valence-electron chi connectivity index (χ3n) is 3.64. The van der Waals surface area contributed by atoms with Gasteiger partial charge in [-0.2, -0.15) is 0 Å². The van der Waals surface area contributed by atoms with Gasteiger partial charge in [-0.25, -0.2) is 0 Å². The minimum absolute atomic E-state index is 0.0397. The number of nitrogens with one attached hydrogen (secondary N) is 2. The maximum atomic E-state index is 11.9. The molecule has 1 aliphatic rings. The molecule has 1 aliphatic heterocycles. The van der Waals surface area contributed by atoms with Crippen LogP contribution in [0.3, 0.4) is 0 Å². The third kappa shape index (κ3) is 6.34. The molecule has 1 saturated heterocycles. The van der Waals surface area contributed by atoms with Gasteiger partial charge in [0.1, 0.15) is 0 Å². The van der Waals surface area contributed by atoms with Gasteiger partial charge in [0.2, 0.25) is 5.91 Å². The third-order valence-corrected chi connectivity index (χ3v) is 3.64. The summed E-state index contributed by atoms with van der Waals surface area (Å²) in [6.45, 7) is 2.89. The van der Waals surface area contributed by atoms with Crippen LogP contribution in [0.5, 0.6) is 0 Å². The quantitative estimate of drug-likeness (QED) is 0.490. The maximum absolute atomic E-state index is 11.9. The van der Waals surface area contributed by atoms with Gasteiger partial charge in [-0.1, -0.05) is 6.42 Å². The Balaban J connectivity index is 2.21. The second-order valence-electron chi connectivity index (χ2n) is 5.21. The van der Waals surface area contributed by atoms with Crippen molar-refractivity contribution in [3.8, 4) is 0 Å². The zero-order valence-corrected chi connectivity index (χ0v) is 12.6. The molecule has 20 heavy (non-hydrogen) atoms. The van der Waals surface area contributed by atoms with E-state index in [1.165, 1.54) is 13.5 Å². The standard InChI is InChI=1S/C14H27N3O3/c1-15-10-12-6-3-4-9-17(12)11-13(18)16-8-5-7-14(19)20-2/h12,15H,3-11H2,1-2H3,(H,16,18). The summed E-state index contributed by atoms with van der Waals surface area (Å²) in [5.41, 5.74) is 0. The minimum atomic E-state index is -0.232. The molecular formula is C14H27N3O3. The van der Waals surface area contributed by atoms with Crippen molar-refractivity contribution in [3.63, 3.8) is 0 Å². The average molecular weight is 285 g/mol. The molecule has 1 atom stereocenters. The van der Waals surface area contributed by atoms with Crippen LogP contribution in [-0.2, 0) is 14.3 Å². The van der Waals surface area contributed by atoms with Crippen molar-refractivity contribution in [1.82, 2.24) is 15.5 Å². The van der Waals surface area contributed by atoms with Gasteiger partial charge in [-0.05, 0) is 32.9 Å². The first-order valence-corrected chi connectivity index (χ1v) is 7.39. The first-order chi connectivity index (χ1) is 9.67. The van der Waals surface area contributed by atoms with Crippen molar-refractivity contribution in [3.05, 3.63) is 0 Å². The lowest BCUT2D eigenvalue weighted by molar-refractivity contribution is -0.140. The van der Waals surface area contributed by atoms with E-state index in [1.807, 2.05) is 7.05 Å². The number of amides is 1. The van der Waals surface area contributed by atoms with Gasteiger partial charge in [0.15, 0.2) is 0 Å². The SMILES string of the molecule is CNCC1CCCCN1CC(=O)NCCCC(=O)OC. The molecule has 2 N–H and O–H groups in total. The summed E-state index contributed by atoms with van der Waals surface area (Å²) >= 11 is 0. The molecular weight excluding hydrogens is 258 g/mol. The molecule has 0 aromatic rings. The summed E-state index contributed by atoms with van der Waals surface area (Å²) in [7, 11) is 3.32. The molecule has 1 amide bonds. The van der Waals surface area contributed by atoms with Gasteiger partial charge < -0.3 is 15.4 Å². The van der Waals surface area contributed by atoms with E-state index in [0.717, 1.165) is 25.9 Å². The number of rotatable bonds is 8. The number of piperidine rings is 1. The van der Waals surface area contributed by atoms with Crippen molar-refractivity contribution in [2.24, 2.45) is 0 Å². The molecule has 1 unspecified atom stereocenters. The molecule has 1 rings (SSSR count). The number of ether oxygens (including phenoxy) is 1. The van der Waals surface area contributed by atoms with Gasteiger partial charge in [0, 0.05) is 25.6 Å². The Morgan fingerprint density at radius 2 is 2.15 bits per heavy atom. The number of esters is 1. The van der Waals surface area contributed by atoms with Crippen LogP contribution in [-0.4, -0.2) is 63.2 Å². The lowest BCUT2D eigenvalue weighted by atomic mass is 10.0. The van der Waals surface area contributed by atoms with Crippen LogP contribution in [0.4, 0.5) is 0 Å². The van der Waals surface area contributed by atoms with E-state index in [1.54, 1.807) is 0 Å². The van der Waals surface area contributed by atoms with Crippen LogP contribution in [0, 0.1) is 0 Å². The number of methoxy groups -OCH3 is 1. The predicted molar refractivity (Wildman–Crippen MR) is 77.4 cm³/mol. The van der Waals surface area contributed by atoms with Gasteiger partial charge in [-0.3, -0.25) is 14.5 Å². The Morgan fingerprint density at radius 3 is 2.85 bits per heavy atom. The highest BCUT2D eigenvalue weighted by atomic mass is 16.5. The molecule has 0 aromatic heterocycles. The normalized spacial score (nSPS) is 19.6. The van der Waals surface area contributed by atoms with Crippen LogP contribution >= 0.6 is 0 Å².